The molecule has 0 fully saturated rings. The van der Waals surface area contributed by atoms with Gasteiger partial charge in [-0.15, -0.1) is 0 Å². The minimum atomic E-state index is -0.937. The number of rotatable bonds is 1. The van der Waals surface area contributed by atoms with E-state index >= 15 is 0 Å². The van der Waals surface area contributed by atoms with E-state index in [0.717, 1.165) is 0 Å². The molecule has 104 valence electrons. The van der Waals surface area contributed by atoms with Gasteiger partial charge in [0.1, 0.15) is 17.4 Å². The van der Waals surface area contributed by atoms with Crippen molar-refractivity contribution in [3.8, 4) is 17.4 Å². The normalized spacial score (nSPS) is 11.8. The van der Waals surface area contributed by atoms with Crippen LogP contribution in [0.4, 0.5) is 4.79 Å². The smallest absolute Gasteiger partial charge is 0.409 e. The molecule has 21 heavy (non-hydrogen) atoms. The van der Waals surface area contributed by atoms with Gasteiger partial charge in [-0.3, -0.25) is 0 Å². The minimum absolute atomic E-state index is 0.212. The SMILES string of the molecule is NC(=O)Oc1ccc2c(c1)C(=C=O)c1cc(Br)cnc1O2. The van der Waals surface area contributed by atoms with Gasteiger partial charge in [0.2, 0.25) is 5.88 Å². The fourth-order valence-corrected chi connectivity index (χ4v) is 2.35. The van der Waals surface area contributed by atoms with Crippen LogP contribution in [0.5, 0.6) is 17.4 Å². The lowest BCUT2D eigenvalue weighted by Gasteiger charge is -2.20. The highest BCUT2D eigenvalue weighted by atomic mass is 79.9. The van der Waals surface area contributed by atoms with Crippen molar-refractivity contribution in [1.82, 2.24) is 4.98 Å². The summed E-state index contributed by atoms with van der Waals surface area (Å²) in [5, 5.41) is 0. The molecule has 1 aliphatic rings. The Morgan fingerprint density at radius 3 is 2.86 bits per heavy atom. The number of carbonyl (C=O) groups excluding carboxylic acids is 2. The second-order valence-electron chi connectivity index (χ2n) is 4.16. The van der Waals surface area contributed by atoms with Crippen LogP contribution in [0.25, 0.3) is 5.57 Å². The standard InChI is InChI=1S/C14H7BrN2O4/c15-7-3-10-11(6-18)9-4-8(20-14(16)19)1-2-12(9)21-13(10)17-5-7/h1-5H,(H2,16,19). The predicted octanol–water partition coefficient (Wildman–Crippen LogP) is 2.67. The van der Waals surface area contributed by atoms with E-state index in [-0.39, 0.29) is 11.3 Å². The monoisotopic (exact) mass is 346 g/mol. The molecular formula is C14H7BrN2O4. The molecule has 1 aromatic heterocycles. The van der Waals surface area contributed by atoms with Gasteiger partial charge in [-0.25, -0.2) is 14.6 Å². The molecule has 6 nitrogen and oxygen atoms in total. The Morgan fingerprint density at radius 2 is 2.14 bits per heavy atom. The quantitative estimate of drug-likeness (QED) is 0.684. The van der Waals surface area contributed by atoms with Crippen molar-refractivity contribution in [2.45, 2.75) is 0 Å². The summed E-state index contributed by atoms with van der Waals surface area (Å²) in [6.45, 7) is 0. The number of carbonyl (C=O) groups is 1. The number of primary amides is 1. The van der Waals surface area contributed by atoms with Crippen LogP contribution in [0.15, 0.2) is 34.9 Å². The molecule has 0 unspecified atom stereocenters. The molecule has 0 saturated heterocycles. The summed E-state index contributed by atoms with van der Waals surface area (Å²) in [7, 11) is 0. The number of pyridine rings is 1. The fraction of sp³-hybridized carbons (Fsp3) is 0. The lowest BCUT2D eigenvalue weighted by molar-refractivity contribution is 0.211. The summed E-state index contributed by atoms with van der Waals surface area (Å²) in [5.74, 6) is 2.83. The van der Waals surface area contributed by atoms with E-state index < -0.39 is 6.09 Å². The highest BCUT2D eigenvalue weighted by Crippen LogP contribution is 2.43. The summed E-state index contributed by atoms with van der Waals surface area (Å²) >= 11 is 3.29. The fourth-order valence-electron chi connectivity index (χ4n) is 2.02. The van der Waals surface area contributed by atoms with E-state index in [1.165, 1.54) is 12.1 Å². The number of aromatic nitrogens is 1. The maximum Gasteiger partial charge on any atom is 0.409 e. The predicted molar refractivity (Wildman–Crippen MR) is 76.9 cm³/mol. The molecule has 3 rings (SSSR count). The second-order valence-corrected chi connectivity index (χ2v) is 5.08. The maximum absolute atomic E-state index is 11.3. The van der Waals surface area contributed by atoms with E-state index in [1.54, 1.807) is 18.3 Å². The van der Waals surface area contributed by atoms with E-state index in [1.807, 2.05) is 5.94 Å². The number of nitrogens with zero attached hydrogens (tertiary/aromatic N) is 1. The van der Waals surface area contributed by atoms with Crippen LogP contribution >= 0.6 is 15.9 Å². The van der Waals surface area contributed by atoms with Crippen molar-refractivity contribution in [2.75, 3.05) is 0 Å². The highest BCUT2D eigenvalue weighted by molar-refractivity contribution is 9.10. The highest BCUT2D eigenvalue weighted by Gasteiger charge is 2.25. The molecule has 2 heterocycles. The van der Waals surface area contributed by atoms with E-state index in [9.17, 15) is 9.59 Å². The summed E-state index contributed by atoms with van der Waals surface area (Å²) in [6, 6.07) is 6.27. The van der Waals surface area contributed by atoms with Gasteiger partial charge in [0.25, 0.3) is 0 Å². The number of benzene rings is 1. The van der Waals surface area contributed by atoms with E-state index in [4.69, 9.17) is 15.2 Å². The van der Waals surface area contributed by atoms with Crippen molar-refractivity contribution >= 4 is 33.5 Å². The summed E-state index contributed by atoms with van der Waals surface area (Å²) in [4.78, 5) is 26.2. The number of hydrogen-bond donors (Lipinski definition) is 1. The average Bonchev–Trinajstić information content (AvgIpc) is 2.44. The van der Waals surface area contributed by atoms with Gasteiger partial charge in [-0.05, 0) is 40.2 Å². The van der Waals surface area contributed by atoms with Gasteiger partial charge >= 0.3 is 6.09 Å². The largest absolute Gasteiger partial charge is 0.438 e. The number of ether oxygens (including phenoxy) is 2. The lowest BCUT2D eigenvalue weighted by Crippen LogP contribution is -2.16. The first-order valence-corrected chi connectivity index (χ1v) is 6.58. The van der Waals surface area contributed by atoms with E-state index in [2.05, 4.69) is 20.9 Å². The van der Waals surface area contributed by atoms with Crippen LogP contribution in [0.2, 0.25) is 0 Å². The van der Waals surface area contributed by atoms with Crippen molar-refractivity contribution in [3.63, 3.8) is 0 Å². The van der Waals surface area contributed by atoms with Crippen LogP contribution in [0.1, 0.15) is 11.1 Å². The zero-order valence-electron chi connectivity index (χ0n) is 10.4. The molecule has 7 heteroatoms. The van der Waals surface area contributed by atoms with Gasteiger partial charge in [-0.2, -0.15) is 0 Å². The Balaban J connectivity index is 2.15. The number of nitrogens with two attached hydrogens (primary N) is 1. The topological polar surface area (TPSA) is 91.5 Å². The van der Waals surface area contributed by atoms with Crippen LogP contribution in [0, 0.1) is 0 Å². The first-order valence-electron chi connectivity index (χ1n) is 5.79. The van der Waals surface area contributed by atoms with Crippen LogP contribution in [0.3, 0.4) is 0 Å². The number of hydrogen-bond acceptors (Lipinski definition) is 5. The Labute approximate surface area is 127 Å². The van der Waals surface area contributed by atoms with Crippen molar-refractivity contribution in [1.29, 1.82) is 0 Å². The molecule has 2 aromatic rings. The van der Waals surface area contributed by atoms with Crippen LogP contribution < -0.4 is 15.2 Å². The molecule has 2 N–H and O–H groups in total. The van der Waals surface area contributed by atoms with Gasteiger partial charge in [0, 0.05) is 16.2 Å². The Hall–Kier alpha value is -2.63. The molecular weight excluding hydrogens is 340 g/mol. The molecule has 0 saturated carbocycles. The molecule has 0 bridgehead atoms. The van der Waals surface area contributed by atoms with Crippen molar-refractivity contribution < 1.29 is 19.1 Å². The van der Waals surface area contributed by atoms with Gasteiger partial charge in [-0.1, -0.05) is 0 Å². The van der Waals surface area contributed by atoms with Gasteiger partial charge in [0.15, 0.2) is 0 Å². The average molecular weight is 347 g/mol. The van der Waals surface area contributed by atoms with Gasteiger partial charge < -0.3 is 15.2 Å². The van der Waals surface area contributed by atoms with Gasteiger partial charge in [0.05, 0.1) is 11.1 Å². The molecule has 0 aliphatic carbocycles. The maximum atomic E-state index is 11.3. The third-order valence-electron chi connectivity index (χ3n) is 2.83. The summed E-state index contributed by atoms with van der Waals surface area (Å²) in [6.07, 6.45) is 0.629. The zero-order valence-corrected chi connectivity index (χ0v) is 12.0. The first-order chi connectivity index (χ1) is 10.1. The second kappa shape index (κ2) is 5.05. The van der Waals surface area contributed by atoms with Crippen LogP contribution in [-0.4, -0.2) is 17.0 Å². The Bertz CT molecular complexity index is 813. The lowest BCUT2D eigenvalue weighted by atomic mass is 9.97. The number of fused-ring (bicyclic) bond motifs is 2. The molecule has 1 amide bonds. The number of amides is 1. The molecule has 1 aromatic carbocycles. The first kappa shape index (κ1) is 13.4. The molecule has 0 spiro atoms. The van der Waals surface area contributed by atoms with E-state index in [0.29, 0.717) is 27.2 Å². The number of halogens is 1. The summed E-state index contributed by atoms with van der Waals surface area (Å²) < 4.78 is 11.1. The molecule has 0 radical (unpaired) electrons. The van der Waals surface area contributed by atoms with Crippen molar-refractivity contribution in [3.05, 3.63) is 46.1 Å². The third-order valence-corrected chi connectivity index (χ3v) is 3.27. The molecule has 0 atom stereocenters. The zero-order chi connectivity index (χ0) is 15.0. The Kier molecular flexibility index (Phi) is 3.21. The summed E-state index contributed by atoms with van der Waals surface area (Å²) in [5.41, 5.74) is 6.20. The third kappa shape index (κ3) is 2.40. The van der Waals surface area contributed by atoms with Crippen molar-refractivity contribution in [2.24, 2.45) is 5.73 Å². The van der Waals surface area contributed by atoms with Crippen LogP contribution in [-0.2, 0) is 4.79 Å². The minimum Gasteiger partial charge on any atom is -0.438 e. The Morgan fingerprint density at radius 1 is 1.33 bits per heavy atom. The molecule has 1 aliphatic heterocycles.